The molecule has 0 bridgehead atoms. The average molecular weight is 1320 g/mol. The fraction of sp³-hybridized carbons (Fsp3) is 0.467. The van der Waals surface area contributed by atoms with Crippen molar-refractivity contribution in [2.75, 3.05) is 13.2 Å². The summed E-state index contributed by atoms with van der Waals surface area (Å²) in [5, 5.41) is 31.1. The standard InChI is InChI=1S/C90H112F2N2O4/c1-53-37-63(91)47-71(69-39-61(89(21,22)51-83(3,4)5)45-77(79(69)95)93-73-41-57(85(9,10)11)29-33-65(73)66-34-30-58(42-74(66)93)86(12,13)14)81(53)97-49-55-27-25-26-28-56(55)50-98-82-54(2)38-64(92)48-72(82)70-40-62(90(23,24)52-84(6,7)8)46-78(80(70)96)94-75-43-59(87(15,16)17)31-35-67(75)68-36-32-60(44-76(68)94)88(18,19)20/h29-48,55-56,95-96H,25-28,49-52H2,1-24H3/t55-,56-/m0/s1. The first kappa shape index (κ1) is 71.7. The highest BCUT2D eigenvalue weighted by Crippen LogP contribution is 2.52. The fourth-order valence-electron chi connectivity index (χ4n) is 16.4. The van der Waals surface area contributed by atoms with E-state index in [-0.39, 0.29) is 66.7 Å². The normalized spacial score (nSPS) is 15.7. The van der Waals surface area contributed by atoms with Crippen LogP contribution >= 0.6 is 0 Å². The summed E-state index contributed by atoms with van der Waals surface area (Å²) in [7, 11) is 0. The summed E-state index contributed by atoms with van der Waals surface area (Å²) in [5.41, 5.74) is 13.8. The maximum atomic E-state index is 16.5. The third-order valence-electron chi connectivity index (χ3n) is 21.2. The number of aromatic nitrogens is 2. The van der Waals surface area contributed by atoms with E-state index in [1.54, 1.807) is 0 Å². The van der Waals surface area contributed by atoms with E-state index in [0.29, 0.717) is 69.5 Å². The molecule has 1 saturated carbocycles. The second-order valence-corrected chi connectivity index (χ2v) is 37.2. The Kier molecular flexibility index (Phi) is 18.5. The summed E-state index contributed by atoms with van der Waals surface area (Å²) in [6, 6.07) is 41.6. The van der Waals surface area contributed by atoms with E-state index in [4.69, 9.17) is 9.47 Å². The van der Waals surface area contributed by atoms with Crippen molar-refractivity contribution in [2.24, 2.45) is 22.7 Å². The second kappa shape index (κ2) is 25.2. The zero-order valence-electron chi connectivity index (χ0n) is 63.7. The molecule has 2 atom stereocenters. The molecule has 0 unspecified atom stereocenters. The first-order valence-corrected chi connectivity index (χ1v) is 36.1. The molecule has 0 saturated heterocycles. The molecule has 8 heteroatoms. The van der Waals surface area contributed by atoms with E-state index >= 15 is 8.78 Å². The maximum Gasteiger partial charge on any atom is 0.147 e. The van der Waals surface area contributed by atoms with Gasteiger partial charge in [-0.3, -0.25) is 0 Å². The van der Waals surface area contributed by atoms with E-state index in [1.807, 2.05) is 13.8 Å². The first-order chi connectivity index (χ1) is 45.3. The number of benzene rings is 8. The number of ether oxygens (including phenoxy) is 2. The number of nitrogens with zero attached hydrogens (tertiary/aromatic N) is 2. The lowest BCUT2D eigenvalue weighted by molar-refractivity contribution is 0.105. The van der Waals surface area contributed by atoms with Gasteiger partial charge >= 0.3 is 0 Å². The van der Waals surface area contributed by atoms with Crippen molar-refractivity contribution < 1.29 is 28.5 Å². The van der Waals surface area contributed by atoms with Crippen LogP contribution in [0.25, 0.3) is 77.2 Å². The lowest BCUT2D eigenvalue weighted by Crippen LogP contribution is -2.30. The van der Waals surface area contributed by atoms with Crippen LogP contribution in [0, 0.1) is 48.1 Å². The van der Waals surface area contributed by atoms with Gasteiger partial charge in [0.15, 0.2) is 0 Å². The third-order valence-corrected chi connectivity index (χ3v) is 21.2. The zero-order valence-corrected chi connectivity index (χ0v) is 63.7. The predicted molar refractivity (Wildman–Crippen MR) is 411 cm³/mol. The molecule has 520 valence electrons. The smallest absolute Gasteiger partial charge is 0.147 e. The molecule has 10 aromatic rings. The molecule has 11 rings (SSSR count). The number of rotatable bonds is 14. The summed E-state index contributed by atoms with van der Waals surface area (Å²) < 4.78 is 51.9. The van der Waals surface area contributed by atoms with Crippen LogP contribution < -0.4 is 9.47 Å². The predicted octanol–water partition coefficient (Wildman–Crippen LogP) is 25.4. The van der Waals surface area contributed by atoms with Gasteiger partial charge in [-0.2, -0.15) is 0 Å². The van der Waals surface area contributed by atoms with E-state index in [2.05, 4.69) is 259 Å². The molecule has 2 N–H and O–H groups in total. The molecule has 2 aromatic heterocycles. The van der Waals surface area contributed by atoms with Gasteiger partial charge in [-0.1, -0.05) is 214 Å². The molecule has 6 nitrogen and oxygen atoms in total. The van der Waals surface area contributed by atoms with E-state index in [0.717, 1.165) is 93.3 Å². The van der Waals surface area contributed by atoms with Crippen molar-refractivity contribution >= 4 is 43.6 Å². The molecule has 0 spiro atoms. The first-order valence-electron chi connectivity index (χ1n) is 36.1. The van der Waals surface area contributed by atoms with Crippen LogP contribution in [0.1, 0.15) is 235 Å². The number of phenolic OH excluding ortho intramolecular Hbond substituents is 2. The van der Waals surface area contributed by atoms with Crippen molar-refractivity contribution in [1.29, 1.82) is 0 Å². The number of hydrogen-bond acceptors (Lipinski definition) is 4. The minimum Gasteiger partial charge on any atom is -0.505 e. The van der Waals surface area contributed by atoms with Crippen LogP contribution in [0.2, 0.25) is 0 Å². The lowest BCUT2D eigenvalue weighted by atomic mass is 9.71. The van der Waals surface area contributed by atoms with Crippen LogP contribution in [-0.2, 0) is 32.5 Å². The third kappa shape index (κ3) is 14.3. The number of phenols is 2. The SMILES string of the molecule is Cc1cc(F)cc(-c2cc(C(C)(C)CC(C)(C)C)cc(-n3c4cc(C(C)(C)C)ccc4c4ccc(C(C)(C)C)cc43)c2O)c1OC[C@@H]1CCCC[C@H]1COc1c(C)cc(F)cc1-c1cc(C(C)(C)CC(C)(C)C)cc(-n2c3cc(C(C)(C)C)ccc3c3ccc(C(C)(C)C)cc32)c1O. The average Bonchev–Trinajstić information content (AvgIpc) is 1.53. The van der Waals surface area contributed by atoms with Gasteiger partial charge in [0.25, 0.3) is 0 Å². The van der Waals surface area contributed by atoms with E-state index < -0.39 is 11.6 Å². The van der Waals surface area contributed by atoms with Crippen molar-refractivity contribution in [3.05, 3.63) is 177 Å². The zero-order chi connectivity index (χ0) is 71.7. The van der Waals surface area contributed by atoms with Crippen LogP contribution in [-0.4, -0.2) is 32.6 Å². The summed E-state index contributed by atoms with van der Waals surface area (Å²) in [5.74, 6) is 0.389. The summed E-state index contributed by atoms with van der Waals surface area (Å²) in [4.78, 5) is 0. The van der Waals surface area contributed by atoms with Crippen LogP contribution in [0.4, 0.5) is 8.78 Å². The topological polar surface area (TPSA) is 68.8 Å². The van der Waals surface area contributed by atoms with Gasteiger partial charge in [-0.15, -0.1) is 0 Å². The fourth-order valence-corrected chi connectivity index (χ4v) is 16.4. The Morgan fingerprint density at radius 2 is 0.653 bits per heavy atom. The Bertz CT molecular complexity index is 4280. The van der Waals surface area contributed by atoms with Gasteiger partial charge in [-0.25, -0.2) is 8.78 Å². The van der Waals surface area contributed by atoms with Crippen LogP contribution in [0.3, 0.4) is 0 Å². The number of fused-ring (bicyclic) bond motifs is 6. The van der Waals surface area contributed by atoms with Crippen molar-refractivity contribution in [3.63, 3.8) is 0 Å². The van der Waals surface area contributed by atoms with Gasteiger partial charge in [0.2, 0.25) is 0 Å². The van der Waals surface area contributed by atoms with Crippen molar-refractivity contribution in [1.82, 2.24) is 9.13 Å². The quantitative estimate of drug-likeness (QED) is 0.114. The van der Waals surface area contributed by atoms with E-state index in [1.165, 1.54) is 46.5 Å². The van der Waals surface area contributed by atoms with Gasteiger partial charge < -0.3 is 28.8 Å². The highest BCUT2D eigenvalue weighted by molar-refractivity contribution is 6.11. The van der Waals surface area contributed by atoms with Crippen LogP contribution in [0.5, 0.6) is 23.0 Å². The Labute approximate surface area is 585 Å². The van der Waals surface area contributed by atoms with Gasteiger partial charge in [0.05, 0.1) is 46.7 Å². The molecule has 0 aliphatic heterocycles. The summed E-state index contributed by atoms with van der Waals surface area (Å²) in [6.45, 7) is 54.0. The molecule has 0 amide bonds. The monoisotopic (exact) mass is 1320 g/mol. The maximum absolute atomic E-state index is 16.5. The minimum atomic E-state index is -0.415. The molecule has 8 aromatic carbocycles. The Morgan fingerprint density at radius 3 is 0.918 bits per heavy atom. The molecular formula is C90H112F2N2O4. The lowest BCUT2D eigenvalue weighted by Gasteiger charge is -2.34. The Hall–Kier alpha value is -7.58. The molecule has 2 heterocycles. The van der Waals surface area contributed by atoms with Crippen molar-refractivity contribution in [3.8, 4) is 56.6 Å². The molecule has 1 aliphatic carbocycles. The molecule has 0 radical (unpaired) electrons. The number of hydrogen-bond donors (Lipinski definition) is 2. The molecule has 1 fully saturated rings. The van der Waals surface area contributed by atoms with Gasteiger partial charge in [0, 0.05) is 43.8 Å². The van der Waals surface area contributed by atoms with E-state index in [9.17, 15) is 10.2 Å². The number of aromatic hydroxyl groups is 2. The van der Waals surface area contributed by atoms with Gasteiger partial charge in [0.1, 0.15) is 34.6 Å². The Balaban J connectivity index is 1.01. The van der Waals surface area contributed by atoms with Crippen molar-refractivity contribution in [2.45, 2.75) is 237 Å². The number of aryl methyl sites for hydroxylation is 2. The highest BCUT2D eigenvalue weighted by Gasteiger charge is 2.36. The van der Waals surface area contributed by atoms with Gasteiger partial charge in [-0.05, 0) is 212 Å². The molecule has 98 heavy (non-hydrogen) atoms. The largest absolute Gasteiger partial charge is 0.505 e. The van der Waals surface area contributed by atoms with Crippen LogP contribution in [0.15, 0.2) is 121 Å². The summed E-state index contributed by atoms with van der Waals surface area (Å²) >= 11 is 0. The highest BCUT2D eigenvalue weighted by atomic mass is 19.1. The minimum absolute atomic E-state index is 0.0332. The number of halogens is 2. The second-order valence-electron chi connectivity index (χ2n) is 37.2. The molecular weight excluding hydrogens is 1210 g/mol. The Morgan fingerprint density at radius 1 is 0.367 bits per heavy atom. The molecule has 1 aliphatic rings. The summed E-state index contributed by atoms with van der Waals surface area (Å²) in [6.07, 6.45) is 5.47.